The van der Waals surface area contributed by atoms with Gasteiger partial charge in [0.25, 0.3) is 0 Å². The van der Waals surface area contributed by atoms with Crippen molar-refractivity contribution >= 4 is 45.1 Å². The summed E-state index contributed by atoms with van der Waals surface area (Å²) in [5.41, 5.74) is 0.961. The molecule has 166 valence electrons. The third-order valence-electron chi connectivity index (χ3n) is 5.21. The molecule has 7 nitrogen and oxygen atoms in total. The van der Waals surface area contributed by atoms with Gasteiger partial charge in [-0.05, 0) is 30.7 Å². The van der Waals surface area contributed by atoms with Crippen LogP contribution in [0.3, 0.4) is 0 Å². The molecular weight excluding hydrogens is 454 g/mol. The number of para-hydroxylation sites is 1. The van der Waals surface area contributed by atoms with Crippen LogP contribution in [0.15, 0.2) is 57.4 Å². The zero-order valence-electron chi connectivity index (χ0n) is 17.3. The van der Waals surface area contributed by atoms with Crippen LogP contribution in [-0.2, 0) is 19.6 Å². The van der Waals surface area contributed by atoms with E-state index in [0.29, 0.717) is 43.1 Å². The molecule has 2 aromatic rings. The summed E-state index contributed by atoms with van der Waals surface area (Å²) in [6.07, 6.45) is 2.30. The summed E-state index contributed by atoms with van der Waals surface area (Å²) in [4.78, 5) is 20.4. The highest BCUT2D eigenvalue weighted by atomic mass is 32.2. The van der Waals surface area contributed by atoms with Gasteiger partial charge in [-0.3, -0.25) is 4.79 Å². The summed E-state index contributed by atoms with van der Waals surface area (Å²) in [6, 6.07) is 11.2. The maximum Gasteiger partial charge on any atom is 0.244 e. The number of morpholine rings is 1. The predicted molar refractivity (Wildman–Crippen MR) is 123 cm³/mol. The number of sulfonamides is 1. The second-order valence-electron chi connectivity index (χ2n) is 7.37. The van der Waals surface area contributed by atoms with E-state index >= 15 is 0 Å². The number of pyridine rings is 1. The lowest BCUT2D eigenvalue weighted by Gasteiger charge is -2.25. The number of hydrogen-bond donors (Lipinski definition) is 0. The van der Waals surface area contributed by atoms with Crippen molar-refractivity contribution in [2.75, 3.05) is 43.5 Å². The Morgan fingerprint density at radius 3 is 2.71 bits per heavy atom. The minimum Gasteiger partial charge on any atom is -0.379 e. The fourth-order valence-corrected chi connectivity index (χ4v) is 6.69. The predicted octanol–water partition coefficient (Wildman–Crippen LogP) is 3.11. The van der Waals surface area contributed by atoms with E-state index in [1.54, 1.807) is 23.9 Å². The fourth-order valence-electron chi connectivity index (χ4n) is 3.50. The van der Waals surface area contributed by atoms with Gasteiger partial charge in [0.2, 0.25) is 15.9 Å². The van der Waals surface area contributed by atoms with Crippen LogP contribution in [0.2, 0.25) is 0 Å². The first kappa shape index (κ1) is 22.6. The molecular formula is C21H25N3O4S3. The van der Waals surface area contributed by atoms with Gasteiger partial charge in [-0.2, -0.15) is 4.31 Å². The summed E-state index contributed by atoms with van der Waals surface area (Å²) in [5.74, 6) is 0.273. The summed E-state index contributed by atoms with van der Waals surface area (Å²) in [6.45, 7) is 4.37. The number of aromatic nitrogens is 1. The number of rotatable bonds is 5. The topological polar surface area (TPSA) is 79.8 Å². The fraction of sp³-hybridized carbons (Fsp3) is 0.429. The number of hydrogen-bond acceptors (Lipinski definition) is 7. The average Bonchev–Trinajstić information content (AvgIpc) is 2.96. The summed E-state index contributed by atoms with van der Waals surface area (Å²) < 4.78 is 32.1. The molecule has 1 saturated heterocycles. The van der Waals surface area contributed by atoms with Crippen LogP contribution < -0.4 is 4.90 Å². The molecule has 2 aliphatic rings. The molecule has 0 spiro atoms. The molecule has 1 aromatic heterocycles. The number of amides is 1. The molecule has 1 unspecified atom stereocenters. The first-order valence-corrected chi connectivity index (χ1v) is 13.5. The van der Waals surface area contributed by atoms with Gasteiger partial charge in [-0.1, -0.05) is 30.8 Å². The smallest absolute Gasteiger partial charge is 0.244 e. The Labute approximate surface area is 191 Å². The second kappa shape index (κ2) is 9.91. The Kier molecular flexibility index (Phi) is 7.22. The Bertz CT molecular complexity index is 1020. The summed E-state index contributed by atoms with van der Waals surface area (Å²) in [7, 11) is -3.57. The van der Waals surface area contributed by atoms with Gasteiger partial charge < -0.3 is 9.64 Å². The quantitative estimate of drug-likeness (QED) is 0.610. The van der Waals surface area contributed by atoms with Gasteiger partial charge in [0, 0.05) is 36.0 Å². The summed E-state index contributed by atoms with van der Waals surface area (Å²) >= 11 is 3.12. The maximum atomic E-state index is 13.0. The van der Waals surface area contributed by atoms with Gasteiger partial charge in [-0.15, -0.1) is 11.8 Å². The average molecular weight is 480 g/mol. The third-order valence-corrected chi connectivity index (χ3v) is 9.25. The van der Waals surface area contributed by atoms with Crippen molar-refractivity contribution in [2.24, 2.45) is 0 Å². The van der Waals surface area contributed by atoms with Crippen molar-refractivity contribution in [3.8, 4) is 0 Å². The van der Waals surface area contributed by atoms with Gasteiger partial charge >= 0.3 is 0 Å². The molecule has 1 fully saturated rings. The van der Waals surface area contributed by atoms with E-state index < -0.39 is 10.0 Å². The van der Waals surface area contributed by atoms with Crippen molar-refractivity contribution in [1.29, 1.82) is 0 Å². The standard InChI is InChI=1S/C21H25N3O4S3/c1-16-8-9-24(18-4-2-3-5-19(18)30-16)21(25)15-29-20-7-6-17(14-22-20)31(26,27)23-10-12-28-13-11-23/h2-7,14,16H,8-13,15H2,1H3. The molecule has 0 aliphatic carbocycles. The molecule has 3 heterocycles. The van der Waals surface area contributed by atoms with Crippen molar-refractivity contribution in [3.05, 3.63) is 42.6 Å². The highest BCUT2D eigenvalue weighted by Crippen LogP contribution is 2.37. The minimum absolute atomic E-state index is 0.0268. The Morgan fingerprint density at radius 1 is 1.19 bits per heavy atom. The Hall–Kier alpha value is -1.59. The zero-order valence-corrected chi connectivity index (χ0v) is 19.7. The van der Waals surface area contributed by atoms with E-state index in [2.05, 4.69) is 18.0 Å². The van der Waals surface area contributed by atoms with Crippen molar-refractivity contribution < 1.29 is 17.9 Å². The Morgan fingerprint density at radius 2 is 1.97 bits per heavy atom. The van der Waals surface area contributed by atoms with Gasteiger partial charge in [0.05, 0.1) is 29.7 Å². The maximum absolute atomic E-state index is 13.0. The number of fused-ring (bicyclic) bond motifs is 1. The van der Waals surface area contributed by atoms with Crippen LogP contribution in [0.5, 0.6) is 0 Å². The molecule has 0 N–H and O–H groups in total. The molecule has 10 heteroatoms. The number of anilines is 1. The molecule has 1 aromatic carbocycles. The first-order valence-electron chi connectivity index (χ1n) is 10.2. The van der Waals surface area contributed by atoms with Crippen LogP contribution in [0.1, 0.15) is 13.3 Å². The molecule has 1 amide bonds. The largest absolute Gasteiger partial charge is 0.379 e. The second-order valence-corrected chi connectivity index (χ2v) is 11.8. The molecule has 0 bridgehead atoms. The van der Waals surface area contributed by atoms with Crippen molar-refractivity contribution in [3.63, 3.8) is 0 Å². The van der Waals surface area contributed by atoms with E-state index in [0.717, 1.165) is 17.0 Å². The monoisotopic (exact) mass is 479 g/mol. The van der Waals surface area contributed by atoms with Gasteiger partial charge in [0.1, 0.15) is 4.90 Å². The number of benzene rings is 1. The third kappa shape index (κ3) is 5.25. The van der Waals surface area contributed by atoms with Gasteiger partial charge in [0.15, 0.2) is 0 Å². The van der Waals surface area contributed by atoms with Crippen molar-refractivity contribution in [1.82, 2.24) is 9.29 Å². The lowest BCUT2D eigenvalue weighted by Crippen LogP contribution is -2.40. The molecule has 31 heavy (non-hydrogen) atoms. The first-order chi connectivity index (χ1) is 14.9. The van der Waals surface area contributed by atoms with Crippen LogP contribution in [0.25, 0.3) is 0 Å². The van der Waals surface area contributed by atoms with Gasteiger partial charge in [-0.25, -0.2) is 13.4 Å². The highest BCUT2D eigenvalue weighted by molar-refractivity contribution is 8.00. The van der Waals surface area contributed by atoms with Crippen LogP contribution in [0.4, 0.5) is 5.69 Å². The molecule has 2 aliphatic heterocycles. The summed E-state index contributed by atoms with van der Waals surface area (Å²) in [5, 5.41) is 1.08. The van der Waals surface area contributed by atoms with E-state index in [1.165, 1.54) is 22.3 Å². The number of nitrogens with zero attached hydrogens (tertiary/aromatic N) is 3. The van der Waals surface area contributed by atoms with Crippen LogP contribution >= 0.6 is 23.5 Å². The number of carbonyl (C=O) groups is 1. The molecule has 4 rings (SSSR count). The number of ether oxygens (including phenoxy) is 1. The lowest BCUT2D eigenvalue weighted by molar-refractivity contribution is -0.116. The normalized spacial score (nSPS) is 20.2. The SMILES string of the molecule is CC1CCN(C(=O)CSc2ccc(S(=O)(=O)N3CCOCC3)cn2)c2ccccc2S1. The minimum atomic E-state index is -3.57. The molecule has 0 saturated carbocycles. The molecule has 0 radical (unpaired) electrons. The van der Waals surface area contributed by atoms with E-state index in [4.69, 9.17) is 4.74 Å². The zero-order chi connectivity index (χ0) is 21.8. The van der Waals surface area contributed by atoms with E-state index in [1.807, 2.05) is 23.1 Å². The van der Waals surface area contributed by atoms with E-state index in [9.17, 15) is 13.2 Å². The van der Waals surface area contributed by atoms with Crippen LogP contribution in [-0.4, -0.2) is 67.5 Å². The van der Waals surface area contributed by atoms with E-state index in [-0.39, 0.29) is 16.6 Å². The van der Waals surface area contributed by atoms with Crippen LogP contribution in [0, 0.1) is 0 Å². The number of carbonyl (C=O) groups excluding carboxylic acids is 1. The lowest BCUT2D eigenvalue weighted by atomic mass is 10.2. The molecule has 1 atom stereocenters. The van der Waals surface area contributed by atoms with Crippen molar-refractivity contribution in [2.45, 2.75) is 33.4 Å². The number of thioether (sulfide) groups is 2. The highest BCUT2D eigenvalue weighted by Gasteiger charge is 2.27. The Balaban J connectivity index is 1.41.